The molecule has 0 aliphatic rings. The molecule has 0 amide bonds. The fourth-order valence-electron chi connectivity index (χ4n) is 4.52. The van der Waals surface area contributed by atoms with Crippen LogP contribution in [0.5, 0.6) is 0 Å². The highest BCUT2D eigenvalue weighted by atomic mass is 16.4. The number of rotatable bonds is 9. The molecule has 0 bridgehead atoms. The molecule has 0 aliphatic carbocycles. The van der Waals surface area contributed by atoms with E-state index in [-0.39, 0.29) is 5.57 Å². The van der Waals surface area contributed by atoms with Crippen LogP contribution in [-0.4, -0.2) is 11.1 Å². The van der Waals surface area contributed by atoms with Gasteiger partial charge in [0.2, 0.25) is 0 Å². The molecule has 0 aromatic heterocycles. The third-order valence-corrected chi connectivity index (χ3v) is 6.70. The predicted octanol–water partition coefficient (Wildman–Crippen LogP) is 9.08. The average Bonchev–Trinajstić information content (AvgIpc) is 3.05. The molecule has 0 atom stereocenters. The number of aliphatic carboxylic acids is 1. The van der Waals surface area contributed by atoms with E-state index in [2.05, 4.69) is 83.9 Å². The van der Waals surface area contributed by atoms with E-state index >= 15 is 0 Å². The molecule has 0 aliphatic heterocycles. The zero-order valence-corrected chi connectivity index (χ0v) is 22.8. The molecule has 4 heteroatoms. The summed E-state index contributed by atoms with van der Waals surface area (Å²) in [5, 5.41) is 18.4. The first kappa shape index (κ1) is 27.6. The number of carboxylic acids is 1. The molecule has 0 unspecified atom stereocenters. The quantitative estimate of drug-likeness (QED) is 0.114. The van der Waals surface area contributed by atoms with Crippen molar-refractivity contribution >= 4 is 41.1 Å². The van der Waals surface area contributed by atoms with Crippen LogP contribution in [0.3, 0.4) is 0 Å². The lowest BCUT2D eigenvalue weighted by molar-refractivity contribution is -0.132. The van der Waals surface area contributed by atoms with Gasteiger partial charge >= 0.3 is 5.97 Å². The molecule has 0 spiro atoms. The zero-order valence-electron chi connectivity index (χ0n) is 22.8. The number of nitrogens with zero attached hydrogens (tertiary/aromatic N) is 2. The molecule has 202 valence electrons. The van der Waals surface area contributed by atoms with Gasteiger partial charge in [-0.3, -0.25) is 0 Å². The highest BCUT2D eigenvalue weighted by molar-refractivity contribution is 5.96. The molecule has 0 saturated carbocycles. The second-order valence-electron chi connectivity index (χ2n) is 9.55. The van der Waals surface area contributed by atoms with Crippen molar-refractivity contribution < 1.29 is 9.90 Å². The van der Waals surface area contributed by atoms with Gasteiger partial charge < -0.3 is 10.0 Å². The summed E-state index contributed by atoms with van der Waals surface area (Å²) in [6, 6.07) is 48.3. The van der Waals surface area contributed by atoms with E-state index in [0.29, 0.717) is 5.56 Å². The Balaban J connectivity index is 1.58. The Bertz CT molecular complexity index is 1720. The highest BCUT2D eigenvalue weighted by Gasteiger charge is 2.13. The summed E-state index contributed by atoms with van der Waals surface area (Å²) in [4.78, 5) is 13.4. The zero-order chi connectivity index (χ0) is 29.1. The van der Waals surface area contributed by atoms with Crippen LogP contribution in [0.4, 0.5) is 11.4 Å². The lowest BCUT2D eigenvalue weighted by atomic mass is 9.98. The molecular weight excluding hydrogens is 516 g/mol. The van der Waals surface area contributed by atoms with Crippen LogP contribution in [0.1, 0.15) is 27.8 Å². The van der Waals surface area contributed by atoms with Gasteiger partial charge in [-0.05, 0) is 58.2 Å². The van der Waals surface area contributed by atoms with Crippen molar-refractivity contribution in [1.29, 1.82) is 5.26 Å². The Hall–Kier alpha value is -5.92. The van der Waals surface area contributed by atoms with Gasteiger partial charge in [-0.2, -0.15) is 5.26 Å². The Morgan fingerprint density at radius 2 is 1.02 bits per heavy atom. The lowest BCUT2D eigenvalue weighted by Gasteiger charge is -2.24. The molecule has 0 saturated heterocycles. The van der Waals surface area contributed by atoms with Gasteiger partial charge in [-0.1, -0.05) is 127 Å². The van der Waals surface area contributed by atoms with E-state index in [9.17, 15) is 15.2 Å². The molecule has 5 rings (SSSR count). The molecule has 4 nitrogen and oxygen atoms in total. The van der Waals surface area contributed by atoms with Crippen molar-refractivity contribution in [3.63, 3.8) is 0 Å². The van der Waals surface area contributed by atoms with Gasteiger partial charge in [-0.15, -0.1) is 0 Å². The SMILES string of the molecule is N#C/C(=C/c1ccc(N(C=C(c2ccccc2)c2ccccc2)c2ccc(/C=C/c3ccccc3)cc2)cc1)C(=O)O. The summed E-state index contributed by atoms with van der Waals surface area (Å²) < 4.78 is 0. The van der Waals surface area contributed by atoms with Gasteiger partial charge in [0.25, 0.3) is 0 Å². The topological polar surface area (TPSA) is 64.3 Å². The van der Waals surface area contributed by atoms with Crippen LogP contribution in [0.15, 0.2) is 151 Å². The monoisotopic (exact) mass is 544 g/mol. The van der Waals surface area contributed by atoms with E-state index in [1.165, 1.54) is 6.08 Å². The normalized spacial score (nSPS) is 11.1. The summed E-state index contributed by atoms with van der Waals surface area (Å²) in [6.45, 7) is 0. The van der Waals surface area contributed by atoms with E-state index in [0.717, 1.165) is 39.2 Å². The molecule has 0 heterocycles. The van der Waals surface area contributed by atoms with Crippen LogP contribution in [-0.2, 0) is 4.79 Å². The standard InChI is InChI=1S/C38H28N2O2/c39-27-34(38(41)42)26-31-20-24-36(25-21-31)40(28-37(32-12-6-2-7-13-32)33-14-8-3-9-15-33)35-22-18-30(19-23-35)17-16-29-10-4-1-5-11-29/h1-26,28H,(H,41,42)/b17-16+,34-26-. The van der Waals surface area contributed by atoms with E-state index in [4.69, 9.17) is 0 Å². The number of nitriles is 1. The van der Waals surface area contributed by atoms with Crippen molar-refractivity contribution in [2.75, 3.05) is 4.90 Å². The van der Waals surface area contributed by atoms with E-state index in [1.54, 1.807) is 6.07 Å². The first-order valence-electron chi connectivity index (χ1n) is 13.5. The van der Waals surface area contributed by atoms with Crippen molar-refractivity contribution in [2.24, 2.45) is 0 Å². The fourth-order valence-corrected chi connectivity index (χ4v) is 4.52. The smallest absolute Gasteiger partial charge is 0.346 e. The molecular formula is C38H28N2O2. The maximum Gasteiger partial charge on any atom is 0.346 e. The van der Waals surface area contributed by atoms with Crippen LogP contribution < -0.4 is 4.90 Å². The number of anilines is 2. The maximum atomic E-state index is 11.3. The molecule has 0 radical (unpaired) electrons. The first-order valence-corrected chi connectivity index (χ1v) is 13.5. The van der Waals surface area contributed by atoms with Crippen LogP contribution in [0.25, 0.3) is 23.8 Å². The Morgan fingerprint density at radius 3 is 1.48 bits per heavy atom. The third kappa shape index (κ3) is 6.98. The van der Waals surface area contributed by atoms with Crippen LogP contribution >= 0.6 is 0 Å². The minimum absolute atomic E-state index is 0.311. The van der Waals surface area contributed by atoms with Gasteiger partial charge in [0, 0.05) is 23.1 Å². The molecule has 5 aromatic rings. The maximum absolute atomic E-state index is 11.3. The largest absolute Gasteiger partial charge is 0.477 e. The van der Waals surface area contributed by atoms with Gasteiger partial charge in [-0.25, -0.2) is 4.79 Å². The minimum Gasteiger partial charge on any atom is -0.477 e. The van der Waals surface area contributed by atoms with Gasteiger partial charge in [0.05, 0.1) is 0 Å². The Morgan fingerprint density at radius 1 is 0.595 bits per heavy atom. The van der Waals surface area contributed by atoms with Gasteiger partial charge in [0.1, 0.15) is 11.6 Å². The Labute approximate surface area is 246 Å². The van der Waals surface area contributed by atoms with E-state index in [1.807, 2.05) is 78.9 Å². The summed E-state index contributed by atoms with van der Waals surface area (Å²) in [5.41, 5.74) is 7.59. The van der Waals surface area contributed by atoms with E-state index < -0.39 is 5.97 Å². The van der Waals surface area contributed by atoms with Crippen molar-refractivity contribution in [1.82, 2.24) is 0 Å². The number of carbonyl (C=O) groups is 1. The third-order valence-electron chi connectivity index (χ3n) is 6.70. The first-order chi connectivity index (χ1) is 20.6. The number of hydrogen-bond acceptors (Lipinski definition) is 3. The van der Waals surface area contributed by atoms with Gasteiger partial charge in [0.15, 0.2) is 0 Å². The number of carboxylic acid groups (broad SMARTS) is 1. The number of hydrogen-bond donors (Lipinski definition) is 1. The fraction of sp³-hybridized carbons (Fsp3) is 0. The number of benzene rings is 5. The minimum atomic E-state index is -1.25. The lowest BCUT2D eigenvalue weighted by Crippen LogP contribution is -2.10. The Kier molecular flexibility index (Phi) is 8.84. The van der Waals surface area contributed by atoms with Crippen LogP contribution in [0, 0.1) is 11.3 Å². The molecule has 0 fully saturated rings. The summed E-state index contributed by atoms with van der Waals surface area (Å²) in [6.07, 6.45) is 7.69. The molecule has 1 N–H and O–H groups in total. The van der Waals surface area contributed by atoms with Crippen molar-refractivity contribution in [3.8, 4) is 6.07 Å². The summed E-state index contributed by atoms with van der Waals surface area (Å²) >= 11 is 0. The van der Waals surface area contributed by atoms with Crippen molar-refractivity contribution in [3.05, 3.63) is 179 Å². The second-order valence-corrected chi connectivity index (χ2v) is 9.55. The summed E-state index contributed by atoms with van der Waals surface area (Å²) in [5.74, 6) is -1.25. The summed E-state index contributed by atoms with van der Waals surface area (Å²) in [7, 11) is 0. The van der Waals surface area contributed by atoms with Crippen molar-refractivity contribution in [2.45, 2.75) is 0 Å². The average molecular weight is 545 g/mol. The van der Waals surface area contributed by atoms with Crippen LogP contribution in [0.2, 0.25) is 0 Å². The predicted molar refractivity (Wildman–Crippen MR) is 172 cm³/mol. The molecule has 5 aromatic carbocycles. The highest BCUT2D eigenvalue weighted by Crippen LogP contribution is 2.32. The second kappa shape index (κ2) is 13.4. The molecule has 42 heavy (non-hydrogen) atoms.